The maximum absolute atomic E-state index is 13.8. The minimum atomic E-state index is -0.549. The molecule has 0 saturated carbocycles. The van der Waals surface area contributed by atoms with E-state index in [9.17, 15) is 14.0 Å². The van der Waals surface area contributed by atoms with E-state index in [-0.39, 0.29) is 30.4 Å². The number of ether oxygens (including phenoxy) is 3. The van der Waals surface area contributed by atoms with Crippen LogP contribution in [0.1, 0.15) is 40.2 Å². The van der Waals surface area contributed by atoms with Crippen molar-refractivity contribution in [1.29, 1.82) is 0 Å². The zero-order chi connectivity index (χ0) is 33.3. The van der Waals surface area contributed by atoms with Gasteiger partial charge in [-0.2, -0.15) is 5.10 Å². The molecule has 5 rings (SSSR count). The number of hydrazone groups is 1. The molecular formula is C35H32BrFN4O6. The summed E-state index contributed by atoms with van der Waals surface area (Å²) in [5, 5.41) is 6.51. The lowest BCUT2D eigenvalue weighted by molar-refractivity contribution is -0.118. The van der Waals surface area contributed by atoms with Crippen molar-refractivity contribution in [2.75, 3.05) is 18.5 Å². The lowest BCUT2D eigenvalue weighted by atomic mass is 10.2. The zero-order valence-electron chi connectivity index (χ0n) is 25.9. The van der Waals surface area contributed by atoms with Gasteiger partial charge in [-0.15, -0.1) is 0 Å². The number of aromatic nitrogens is 1. The predicted octanol–water partition coefficient (Wildman–Crippen LogP) is 7.35. The highest BCUT2D eigenvalue weighted by molar-refractivity contribution is 9.10. The second kappa shape index (κ2) is 15.3. The van der Waals surface area contributed by atoms with Crippen molar-refractivity contribution in [1.82, 2.24) is 9.99 Å². The molecule has 0 aliphatic heterocycles. The summed E-state index contributed by atoms with van der Waals surface area (Å²) < 4.78 is 39.4. The van der Waals surface area contributed by atoms with E-state index in [2.05, 4.69) is 62.3 Å². The Morgan fingerprint density at radius 1 is 0.936 bits per heavy atom. The van der Waals surface area contributed by atoms with Crippen LogP contribution in [-0.2, 0) is 11.4 Å². The number of halogens is 2. The van der Waals surface area contributed by atoms with Gasteiger partial charge in [0.15, 0.2) is 23.9 Å². The summed E-state index contributed by atoms with van der Waals surface area (Å²) >= 11 is 3.45. The van der Waals surface area contributed by atoms with E-state index < -0.39 is 17.6 Å². The Balaban J connectivity index is 1.14. The van der Waals surface area contributed by atoms with Gasteiger partial charge in [-0.25, -0.2) is 9.82 Å². The van der Waals surface area contributed by atoms with Crippen LogP contribution in [0, 0.1) is 19.7 Å². The SMILES string of the molecule is CCOc1cc(/C=N/NC(=O)c2ccc(COc3ccc(-n4c(C)ccc4C)cc3)o2)c(Br)cc1OCC(=O)Nc1ccccc1F. The molecular weight excluding hydrogens is 671 g/mol. The standard InChI is InChI=1S/C35H32BrFN4O6/c1-4-44-32-17-24(28(36)18-33(32)46-21-34(42)39-30-8-6-5-7-29(30)37)19-38-40-35(43)31-16-15-27(47-31)20-45-26-13-11-25(12-14-26)41-22(2)9-10-23(41)3/h5-19H,4,20-21H2,1-3H3,(H,39,42)(H,40,43)/b38-19+. The summed E-state index contributed by atoms with van der Waals surface area (Å²) in [4.78, 5) is 25.0. The number of para-hydroxylation sites is 1. The fourth-order valence-corrected chi connectivity index (χ4v) is 5.06. The number of nitrogens with one attached hydrogen (secondary N) is 2. The number of hydrogen-bond donors (Lipinski definition) is 2. The maximum atomic E-state index is 13.8. The van der Waals surface area contributed by atoms with Gasteiger partial charge in [0.25, 0.3) is 5.91 Å². The highest BCUT2D eigenvalue weighted by Crippen LogP contribution is 2.33. The number of amides is 2. The van der Waals surface area contributed by atoms with E-state index >= 15 is 0 Å². The first-order valence-electron chi connectivity index (χ1n) is 14.7. The number of carbonyl (C=O) groups excluding carboxylic acids is 2. The lowest BCUT2D eigenvalue weighted by Crippen LogP contribution is -2.21. The molecule has 0 bridgehead atoms. The van der Waals surface area contributed by atoms with Crippen molar-refractivity contribution in [3.8, 4) is 22.9 Å². The summed E-state index contributed by atoms with van der Waals surface area (Å²) in [6.07, 6.45) is 1.42. The molecule has 0 radical (unpaired) electrons. The van der Waals surface area contributed by atoms with Crippen LogP contribution in [0.4, 0.5) is 10.1 Å². The van der Waals surface area contributed by atoms with Crippen molar-refractivity contribution >= 4 is 39.6 Å². The van der Waals surface area contributed by atoms with Gasteiger partial charge in [0.2, 0.25) is 0 Å². The van der Waals surface area contributed by atoms with Crippen LogP contribution < -0.4 is 25.0 Å². The first-order valence-corrected chi connectivity index (χ1v) is 15.4. The summed E-state index contributed by atoms with van der Waals surface area (Å²) in [5.41, 5.74) is 6.41. The highest BCUT2D eigenvalue weighted by Gasteiger charge is 2.15. The van der Waals surface area contributed by atoms with Crippen molar-refractivity contribution in [3.63, 3.8) is 0 Å². The van der Waals surface area contributed by atoms with Crippen LogP contribution in [0.15, 0.2) is 98.9 Å². The minimum absolute atomic E-state index is 0.0555. The monoisotopic (exact) mass is 702 g/mol. The Morgan fingerprint density at radius 3 is 2.38 bits per heavy atom. The van der Waals surface area contributed by atoms with Gasteiger partial charge in [0, 0.05) is 27.1 Å². The molecule has 0 spiro atoms. The van der Waals surface area contributed by atoms with Gasteiger partial charge in [0.05, 0.1) is 18.5 Å². The normalized spacial score (nSPS) is 11.0. The molecule has 242 valence electrons. The molecule has 2 heterocycles. The molecule has 12 heteroatoms. The molecule has 5 aromatic rings. The number of furan rings is 1. The molecule has 10 nitrogen and oxygen atoms in total. The summed E-state index contributed by atoms with van der Waals surface area (Å²) in [6, 6.07) is 24.2. The Morgan fingerprint density at radius 2 is 1.66 bits per heavy atom. The molecule has 0 atom stereocenters. The van der Waals surface area contributed by atoms with Crippen molar-refractivity contribution in [3.05, 3.63) is 124 Å². The first-order chi connectivity index (χ1) is 22.7. The molecule has 2 N–H and O–H groups in total. The minimum Gasteiger partial charge on any atom is -0.490 e. The van der Waals surface area contributed by atoms with Gasteiger partial charge in [-0.05, 0) is 109 Å². The molecule has 0 aliphatic carbocycles. The van der Waals surface area contributed by atoms with E-state index in [1.165, 1.54) is 24.4 Å². The molecule has 0 unspecified atom stereocenters. The lowest BCUT2D eigenvalue weighted by Gasteiger charge is -2.14. The van der Waals surface area contributed by atoms with Crippen LogP contribution in [-0.4, -0.2) is 35.8 Å². The maximum Gasteiger partial charge on any atom is 0.307 e. The predicted molar refractivity (Wildman–Crippen MR) is 179 cm³/mol. The fraction of sp³-hybridized carbons (Fsp3) is 0.171. The average Bonchev–Trinajstić information content (AvgIpc) is 3.68. The quantitative estimate of drug-likeness (QED) is 0.0979. The van der Waals surface area contributed by atoms with E-state index in [1.807, 2.05) is 24.3 Å². The van der Waals surface area contributed by atoms with Crippen molar-refractivity contribution in [2.45, 2.75) is 27.4 Å². The number of hydrogen-bond acceptors (Lipinski definition) is 7. The third-order valence-corrected chi connectivity index (χ3v) is 7.56. The topological polar surface area (TPSA) is 116 Å². The molecule has 2 amide bonds. The number of aryl methyl sites for hydroxylation is 2. The van der Waals surface area contributed by atoms with Gasteiger partial charge in [-0.1, -0.05) is 12.1 Å². The highest BCUT2D eigenvalue weighted by atomic mass is 79.9. The summed E-state index contributed by atoms with van der Waals surface area (Å²) in [6.45, 7) is 6.01. The van der Waals surface area contributed by atoms with E-state index in [1.54, 1.807) is 37.3 Å². The van der Waals surface area contributed by atoms with Gasteiger partial charge in [-0.3, -0.25) is 9.59 Å². The molecule has 0 fully saturated rings. The van der Waals surface area contributed by atoms with Crippen molar-refractivity contribution in [2.24, 2.45) is 5.10 Å². The van der Waals surface area contributed by atoms with Crippen LogP contribution in [0.2, 0.25) is 0 Å². The number of rotatable bonds is 13. The number of anilines is 1. The molecule has 3 aromatic carbocycles. The summed E-state index contributed by atoms with van der Waals surface area (Å²) in [5.74, 6) is 0.217. The largest absolute Gasteiger partial charge is 0.490 e. The molecule has 2 aromatic heterocycles. The molecule has 0 aliphatic rings. The second-order valence-corrected chi connectivity index (χ2v) is 11.1. The van der Waals surface area contributed by atoms with Crippen LogP contribution >= 0.6 is 15.9 Å². The first kappa shape index (κ1) is 33.0. The van der Waals surface area contributed by atoms with Crippen LogP contribution in [0.5, 0.6) is 17.2 Å². The van der Waals surface area contributed by atoms with Gasteiger partial charge >= 0.3 is 5.91 Å². The summed E-state index contributed by atoms with van der Waals surface area (Å²) in [7, 11) is 0. The second-order valence-electron chi connectivity index (χ2n) is 10.3. The average molecular weight is 704 g/mol. The van der Waals surface area contributed by atoms with E-state index in [0.29, 0.717) is 33.9 Å². The number of carbonyl (C=O) groups is 2. The number of nitrogens with zero attached hydrogens (tertiary/aromatic N) is 2. The Hall–Kier alpha value is -5.36. The Labute approximate surface area is 279 Å². The van der Waals surface area contributed by atoms with E-state index in [4.69, 9.17) is 18.6 Å². The van der Waals surface area contributed by atoms with E-state index in [0.717, 1.165) is 17.1 Å². The molecule has 0 saturated heterocycles. The smallest absolute Gasteiger partial charge is 0.307 e. The van der Waals surface area contributed by atoms with Gasteiger partial charge < -0.3 is 28.5 Å². The number of benzene rings is 3. The fourth-order valence-electron chi connectivity index (χ4n) is 4.64. The zero-order valence-corrected chi connectivity index (χ0v) is 27.5. The van der Waals surface area contributed by atoms with Gasteiger partial charge in [0.1, 0.15) is 23.9 Å². The third-order valence-electron chi connectivity index (χ3n) is 6.87. The molecule has 47 heavy (non-hydrogen) atoms. The Bertz CT molecular complexity index is 1880. The van der Waals surface area contributed by atoms with Crippen LogP contribution in [0.25, 0.3) is 5.69 Å². The Kier molecular flexibility index (Phi) is 10.7. The van der Waals surface area contributed by atoms with Crippen molar-refractivity contribution < 1.29 is 32.6 Å². The third kappa shape index (κ3) is 8.47. The van der Waals surface area contributed by atoms with Crippen LogP contribution in [0.3, 0.4) is 0 Å².